The number of aromatic amines is 1. The summed E-state index contributed by atoms with van der Waals surface area (Å²) in [4.78, 5) is 3.20. The average Bonchev–Trinajstić information content (AvgIpc) is 2.63. The lowest BCUT2D eigenvalue weighted by molar-refractivity contribution is 0.682. The summed E-state index contributed by atoms with van der Waals surface area (Å²) in [5.74, 6) is 0. The van der Waals surface area contributed by atoms with Gasteiger partial charge in [0.05, 0.1) is 5.69 Å². The highest BCUT2D eigenvalue weighted by Gasteiger charge is 2.14. The van der Waals surface area contributed by atoms with Crippen molar-refractivity contribution in [3.63, 3.8) is 0 Å². The van der Waals surface area contributed by atoms with Crippen LogP contribution in [0.25, 0.3) is 11.2 Å². The van der Waals surface area contributed by atoms with E-state index in [0.717, 1.165) is 23.3 Å². The van der Waals surface area contributed by atoms with Gasteiger partial charge in [-0.15, -0.1) is 0 Å². The molecule has 82 valence electrons. The van der Waals surface area contributed by atoms with Gasteiger partial charge in [-0.05, 0) is 18.6 Å². The van der Waals surface area contributed by atoms with Crippen molar-refractivity contribution in [2.75, 3.05) is 19.1 Å². The number of hydrogen-bond donors (Lipinski definition) is 1. The minimum atomic E-state index is 0.706. The molecule has 2 aromatic rings. The van der Waals surface area contributed by atoms with Crippen LogP contribution in [0.15, 0.2) is 0 Å². The summed E-state index contributed by atoms with van der Waals surface area (Å²) < 4.78 is 4.51. The molecule has 0 fully saturated rings. The molecule has 5 nitrogen and oxygen atoms in total. The van der Waals surface area contributed by atoms with Gasteiger partial charge in [0, 0.05) is 21.1 Å². The summed E-state index contributed by atoms with van der Waals surface area (Å²) in [6, 6.07) is 0. The first-order valence-corrected chi connectivity index (χ1v) is 5.31. The Labute approximate surface area is 93.3 Å². The number of nitrogens with zero attached hydrogens (tertiary/aromatic N) is 4. The molecule has 2 heterocycles. The maximum absolute atomic E-state index is 5.27. The number of fused-ring (bicyclic) bond motifs is 1. The van der Waals surface area contributed by atoms with Crippen molar-refractivity contribution in [2.45, 2.75) is 13.3 Å². The van der Waals surface area contributed by atoms with Crippen molar-refractivity contribution >= 4 is 23.4 Å². The zero-order valence-electron chi connectivity index (χ0n) is 9.40. The molecule has 0 spiro atoms. The van der Waals surface area contributed by atoms with Gasteiger partial charge < -0.3 is 9.99 Å². The zero-order chi connectivity index (χ0) is 11.2. The Morgan fingerprint density at radius 3 is 2.67 bits per heavy atom. The third-order valence-electron chi connectivity index (χ3n) is 2.45. The van der Waals surface area contributed by atoms with Gasteiger partial charge in [-0.25, -0.2) is 9.36 Å². The lowest BCUT2D eigenvalue weighted by Crippen LogP contribution is -2.25. The number of H-pyrrole nitrogens is 1. The van der Waals surface area contributed by atoms with Gasteiger partial charge >= 0.3 is 0 Å². The topological polar surface area (TPSA) is 41.8 Å². The molecule has 0 bridgehead atoms. The molecule has 0 aliphatic heterocycles. The summed E-state index contributed by atoms with van der Waals surface area (Å²) in [6.45, 7) is 2.09. The Morgan fingerprint density at radius 2 is 2.13 bits per heavy atom. The number of imidazole rings is 1. The number of nitrogens with one attached hydrogen (secondary N) is 1. The van der Waals surface area contributed by atoms with Crippen LogP contribution in [0.4, 0.5) is 0 Å². The molecule has 0 aliphatic carbocycles. The van der Waals surface area contributed by atoms with Gasteiger partial charge in [0.1, 0.15) is 5.52 Å². The summed E-state index contributed by atoms with van der Waals surface area (Å²) in [5, 5.41) is 6.39. The SMILES string of the molecule is CCc1nn(C)c2c1[nH]c(=S)n2N(C)C. The van der Waals surface area contributed by atoms with E-state index >= 15 is 0 Å². The summed E-state index contributed by atoms with van der Waals surface area (Å²) in [7, 11) is 5.85. The third kappa shape index (κ3) is 1.36. The van der Waals surface area contributed by atoms with E-state index in [1.165, 1.54) is 0 Å². The van der Waals surface area contributed by atoms with E-state index in [-0.39, 0.29) is 0 Å². The molecule has 0 amide bonds. The fraction of sp³-hybridized carbons (Fsp3) is 0.556. The molecule has 6 heteroatoms. The highest BCUT2D eigenvalue weighted by atomic mass is 32.1. The van der Waals surface area contributed by atoms with Crippen LogP contribution in [0.5, 0.6) is 0 Å². The van der Waals surface area contributed by atoms with Gasteiger partial charge in [0.2, 0.25) is 0 Å². The molecular formula is C9H15N5S. The van der Waals surface area contributed by atoms with Crippen LogP contribution >= 0.6 is 12.2 Å². The molecule has 15 heavy (non-hydrogen) atoms. The molecular weight excluding hydrogens is 210 g/mol. The maximum Gasteiger partial charge on any atom is 0.198 e. The first-order valence-electron chi connectivity index (χ1n) is 4.90. The second-order valence-corrected chi connectivity index (χ2v) is 4.10. The van der Waals surface area contributed by atoms with Crippen LogP contribution in [0.1, 0.15) is 12.6 Å². The fourth-order valence-electron chi connectivity index (χ4n) is 1.81. The fourth-order valence-corrected chi connectivity index (χ4v) is 2.17. The molecule has 0 aromatic carbocycles. The molecule has 2 rings (SSSR count). The van der Waals surface area contributed by atoms with E-state index in [1.807, 2.05) is 35.5 Å². The first kappa shape index (κ1) is 10.2. The van der Waals surface area contributed by atoms with Crippen molar-refractivity contribution in [3.05, 3.63) is 10.5 Å². The van der Waals surface area contributed by atoms with E-state index in [4.69, 9.17) is 12.2 Å². The van der Waals surface area contributed by atoms with Gasteiger partial charge in [0.15, 0.2) is 10.4 Å². The summed E-state index contributed by atoms with van der Waals surface area (Å²) in [6.07, 6.45) is 0.903. The van der Waals surface area contributed by atoms with E-state index < -0.39 is 0 Å². The van der Waals surface area contributed by atoms with E-state index in [2.05, 4.69) is 17.0 Å². The second-order valence-electron chi connectivity index (χ2n) is 3.71. The number of aryl methyl sites for hydroxylation is 2. The van der Waals surface area contributed by atoms with Crippen LogP contribution in [0, 0.1) is 4.77 Å². The quantitative estimate of drug-likeness (QED) is 0.781. The molecule has 0 aliphatic rings. The third-order valence-corrected chi connectivity index (χ3v) is 2.72. The standard InChI is InChI=1S/C9H15N5S/c1-5-6-7-8(13(4)11-6)14(12(2)3)9(15)10-7/h5H2,1-4H3,(H,10,15). The van der Waals surface area contributed by atoms with Crippen LogP contribution in [0.2, 0.25) is 0 Å². The van der Waals surface area contributed by atoms with Gasteiger partial charge in [-0.3, -0.25) is 0 Å². The highest BCUT2D eigenvalue weighted by Crippen LogP contribution is 2.17. The molecule has 0 unspecified atom stereocenters. The van der Waals surface area contributed by atoms with Crippen LogP contribution < -0.4 is 5.01 Å². The number of rotatable bonds is 2. The lowest BCUT2D eigenvalue weighted by atomic mass is 10.3. The Balaban J connectivity index is 2.87. The minimum Gasteiger partial charge on any atom is -0.326 e. The van der Waals surface area contributed by atoms with Crippen LogP contribution in [-0.4, -0.2) is 33.5 Å². The molecule has 0 atom stereocenters. The Morgan fingerprint density at radius 1 is 1.47 bits per heavy atom. The van der Waals surface area contributed by atoms with Crippen LogP contribution in [-0.2, 0) is 13.5 Å². The average molecular weight is 225 g/mol. The molecule has 2 aromatic heterocycles. The van der Waals surface area contributed by atoms with Crippen molar-refractivity contribution in [1.82, 2.24) is 19.4 Å². The van der Waals surface area contributed by atoms with Crippen molar-refractivity contribution in [3.8, 4) is 0 Å². The van der Waals surface area contributed by atoms with Gasteiger partial charge in [-0.2, -0.15) is 5.10 Å². The Kier molecular flexibility index (Phi) is 2.30. The van der Waals surface area contributed by atoms with Crippen molar-refractivity contribution in [1.29, 1.82) is 0 Å². The minimum absolute atomic E-state index is 0.706. The molecule has 1 N–H and O–H groups in total. The zero-order valence-corrected chi connectivity index (χ0v) is 10.2. The highest BCUT2D eigenvalue weighted by molar-refractivity contribution is 7.71. The van der Waals surface area contributed by atoms with Gasteiger partial charge in [0.25, 0.3) is 0 Å². The Bertz CT molecular complexity index is 545. The van der Waals surface area contributed by atoms with E-state index in [1.54, 1.807) is 0 Å². The van der Waals surface area contributed by atoms with Crippen LogP contribution in [0.3, 0.4) is 0 Å². The largest absolute Gasteiger partial charge is 0.326 e. The molecule has 0 saturated heterocycles. The predicted octanol–water partition coefficient (Wildman–Crippen LogP) is 1.19. The first-order chi connectivity index (χ1) is 7.06. The monoisotopic (exact) mass is 225 g/mol. The smallest absolute Gasteiger partial charge is 0.198 e. The van der Waals surface area contributed by atoms with E-state index in [9.17, 15) is 0 Å². The predicted molar refractivity (Wildman–Crippen MR) is 63.3 cm³/mol. The summed E-state index contributed by atoms with van der Waals surface area (Å²) >= 11 is 5.27. The van der Waals surface area contributed by atoms with Crippen molar-refractivity contribution < 1.29 is 0 Å². The van der Waals surface area contributed by atoms with E-state index in [0.29, 0.717) is 4.77 Å². The summed E-state index contributed by atoms with van der Waals surface area (Å²) in [5.41, 5.74) is 3.11. The number of aromatic nitrogens is 4. The molecule has 0 radical (unpaired) electrons. The second kappa shape index (κ2) is 3.37. The van der Waals surface area contributed by atoms with Crippen molar-refractivity contribution in [2.24, 2.45) is 7.05 Å². The molecule has 0 saturated carbocycles. The normalized spacial score (nSPS) is 11.2. The number of hydrogen-bond acceptors (Lipinski definition) is 3. The maximum atomic E-state index is 5.27. The Hall–Kier alpha value is -1.30. The lowest BCUT2D eigenvalue weighted by Gasteiger charge is -2.14. The van der Waals surface area contributed by atoms with Gasteiger partial charge in [-0.1, -0.05) is 6.92 Å².